The minimum absolute atomic E-state index is 0.125. The van der Waals surface area contributed by atoms with Crippen LogP contribution in [0.3, 0.4) is 0 Å². The molecule has 0 aliphatic carbocycles. The van der Waals surface area contributed by atoms with Crippen LogP contribution in [0, 0.1) is 26.7 Å². The molecule has 74 valence electrons. The Labute approximate surface area is 78.6 Å². The summed E-state index contributed by atoms with van der Waals surface area (Å²) >= 11 is 0. The summed E-state index contributed by atoms with van der Waals surface area (Å²) in [5.41, 5.74) is 2.18. The molecule has 0 saturated carbocycles. The van der Waals surface area contributed by atoms with E-state index in [0.29, 0.717) is 0 Å². The Hall–Kier alpha value is -1.31. The van der Waals surface area contributed by atoms with Crippen molar-refractivity contribution in [3.8, 4) is 12.8 Å². The van der Waals surface area contributed by atoms with Crippen LogP contribution in [0.15, 0.2) is 6.07 Å². The van der Waals surface area contributed by atoms with E-state index < -0.39 is 0 Å². The number of aliphatic hydroxyl groups excluding tert-OH is 2. The first-order valence-electron chi connectivity index (χ1n) is 3.74. The molecule has 0 aliphatic heterocycles. The fourth-order valence-electron chi connectivity index (χ4n) is 0.554. The summed E-state index contributed by atoms with van der Waals surface area (Å²) in [6.07, 6.45) is 8.00. The molecule has 1 aromatic heterocycles. The van der Waals surface area contributed by atoms with Gasteiger partial charge in [0.05, 0.1) is 18.9 Å². The second-order valence-electron chi connectivity index (χ2n) is 2.14. The quantitative estimate of drug-likeness (QED) is 0.548. The maximum absolute atomic E-state index is 7.62. The summed E-state index contributed by atoms with van der Waals surface area (Å²) in [7, 11) is 0. The number of nitrogens with zero attached hydrogens (tertiary/aromatic N) is 1. The molecule has 0 radical (unpaired) electrons. The number of aromatic amines is 1. The standard InChI is InChI=1S/C5H8N2.C2H6O2.C2H2/c1-4-3-5(2)7-6-4;3-1-2-4;1-2/h3H,1-2H3,(H,6,7);3-4H,1-2H2;1-2H. The van der Waals surface area contributed by atoms with Crippen molar-refractivity contribution in [3.05, 3.63) is 17.5 Å². The van der Waals surface area contributed by atoms with Crippen LogP contribution < -0.4 is 0 Å². The Morgan fingerprint density at radius 1 is 1.31 bits per heavy atom. The minimum atomic E-state index is -0.125. The van der Waals surface area contributed by atoms with Gasteiger partial charge in [0.2, 0.25) is 0 Å². The van der Waals surface area contributed by atoms with Gasteiger partial charge in [-0.25, -0.2) is 0 Å². The van der Waals surface area contributed by atoms with Crippen molar-refractivity contribution in [3.63, 3.8) is 0 Å². The fraction of sp³-hybridized carbons (Fsp3) is 0.444. The van der Waals surface area contributed by atoms with Crippen molar-refractivity contribution in [2.75, 3.05) is 13.2 Å². The number of aryl methyl sites for hydroxylation is 2. The Morgan fingerprint density at radius 2 is 1.77 bits per heavy atom. The topological polar surface area (TPSA) is 69.1 Å². The lowest BCUT2D eigenvalue weighted by Gasteiger charge is -1.70. The lowest BCUT2D eigenvalue weighted by Crippen LogP contribution is -1.85. The molecule has 4 nitrogen and oxygen atoms in total. The van der Waals surface area contributed by atoms with Gasteiger partial charge < -0.3 is 10.2 Å². The molecule has 0 aromatic carbocycles. The van der Waals surface area contributed by atoms with Crippen molar-refractivity contribution in [2.24, 2.45) is 0 Å². The normalized spacial score (nSPS) is 7.54. The van der Waals surface area contributed by atoms with Gasteiger partial charge in [-0.3, -0.25) is 5.10 Å². The number of hydrogen-bond acceptors (Lipinski definition) is 3. The molecule has 1 heterocycles. The van der Waals surface area contributed by atoms with E-state index in [-0.39, 0.29) is 13.2 Å². The van der Waals surface area contributed by atoms with Gasteiger partial charge in [-0.15, -0.1) is 12.8 Å². The number of H-pyrrole nitrogens is 1. The third kappa shape index (κ3) is 10.7. The van der Waals surface area contributed by atoms with Crippen LogP contribution >= 0.6 is 0 Å². The second kappa shape index (κ2) is 10.7. The van der Waals surface area contributed by atoms with E-state index >= 15 is 0 Å². The van der Waals surface area contributed by atoms with Gasteiger partial charge in [0.15, 0.2) is 0 Å². The van der Waals surface area contributed by atoms with Gasteiger partial charge in [0.25, 0.3) is 0 Å². The summed E-state index contributed by atoms with van der Waals surface area (Å²) < 4.78 is 0. The van der Waals surface area contributed by atoms with Crippen LogP contribution in [0.25, 0.3) is 0 Å². The second-order valence-corrected chi connectivity index (χ2v) is 2.14. The maximum Gasteiger partial charge on any atom is 0.0662 e. The van der Waals surface area contributed by atoms with Crippen LogP contribution in [0.4, 0.5) is 0 Å². The Kier molecular flexibility index (Phi) is 11.7. The van der Waals surface area contributed by atoms with Crippen molar-refractivity contribution in [1.82, 2.24) is 10.2 Å². The van der Waals surface area contributed by atoms with E-state index in [1.54, 1.807) is 0 Å². The number of terminal acetylenes is 1. The highest BCUT2D eigenvalue weighted by Crippen LogP contribution is 1.92. The lowest BCUT2D eigenvalue weighted by molar-refractivity contribution is 0.186. The van der Waals surface area contributed by atoms with Gasteiger partial charge in [-0.05, 0) is 19.9 Å². The average molecular weight is 184 g/mol. The highest BCUT2D eigenvalue weighted by molar-refractivity contribution is 5.03. The summed E-state index contributed by atoms with van der Waals surface area (Å²) in [4.78, 5) is 0. The van der Waals surface area contributed by atoms with E-state index in [1.165, 1.54) is 0 Å². The maximum atomic E-state index is 7.62. The number of hydrogen-bond donors (Lipinski definition) is 3. The highest BCUT2D eigenvalue weighted by Gasteiger charge is 1.84. The minimum Gasteiger partial charge on any atom is -0.394 e. The van der Waals surface area contributed by atoms with Crippen LogP contribution in [0.5, 0.6) is 0 Å². The monoisotopic (exact) mass is 184 g/mol. The average Bonchev–Trinajstić information content (AvgIpc) is 2.54. The molecule has 4 heteroatoms. The molecule has 1 aromatic rings. The molecular formula is C9H16N2O2. The lowest BCUT2D eigenvalue weighted by atomic mass is 10.4. The van der Waals surface area contributed by atoms with Crippen LogP contribution in [0.1, 0.15) is 11.4 Å². The fourth-order valence-corrected chi connectivity index (χ4v) is 0.554. The summed E-state index contributed by atoms with van der Waals surface area (Å²) in [6.45, 7) is 3.70. The molecule has 0 unspecified atom stereocenters. The molecule has 1 rings (SSSR count). The summed E-state index contributed by atoms with van der Waals surface area (Å²) in [5, 5.41) is 22.0. The van der Waals surface area contributed by atoms with Crippen LogP contribution in [0.2, 0.25) is 0 Å². The number of aliphatic hydroxyl groups is 2. The molecule has 0 atom stereocenters. The first-order chi connectivity index (χ1) is 6.20. The van der Waals surface area contributed by atoms with Crippen LogP contribution in [-0.2, 0) is 0 Å². The van der Waals surface area contributed by atoms with Gasteiger partial charge in [0, 0.05) is 5.69 Å². The van der Waals surface area contributed by atoms with E-state index in [2.05, 4.69) is 23.0 Å². The third-order valence-electron chi connectivity index (χ3n) is 0.934. The predicted molar refractivity (Wildman–Crippen MR) is 52.1 cm³/mol. The van der Waals surface area contributed by atoms with Crippen molar-refractivity contribution in [1.29, 1.82) is 0 Å². The van der Waals surface area contributed by atoms with Crippen molar-refractivity contribution >= 4 is 0 Å². The zero-order chi connectivity index (χ0) is 10.7. The van der Waals surface area contributed by atoms with Gasteiger partial charge in [0.1, 0.15) is 0 Å². The third-order valence-corrected chi connectivity index (χ3v) is 0.934. The first kappa shape index (κ1) is 14.2. The van der Waals surface area contributed by atoms with E-state index in [4.69, 9.17) is 10.2 Å². The first-order valence-corrected chi connectivity index (χ1v) is 3.74. The predicted octanol–water partition coefficient (Wildman–Crippen LogP) is 0.247. The number of nitrogens with one attached hydrogen (secondary N) is 1. The van der Waals surface area contributed by atoms with E-state index in [1.807, 2.05) is 19.9 Å². The number of aromatic nitrogens is 2. The molecular weight excluding hydrogens is 168 g/mol. The molecule has 0 saturated heterocycles. The molecule has 13 heavy (non-hydrogen) atoms. The van der Waals surface area contributed by atoms with Crippen molar-refractivity contribution < 1.29 is 10.2 Å². The summed E-state index contributed by atoms with van der Waals surface area (Å²) in [5.74, 6) is 0. The molecule has 0 aliphatic rings. The Balaban J connectivity index is 0. The molecule has 0 amide bonds. The van der Waals surface area contributed by atoms with Gasteiger partial charge >= 0.3 is 0 Å². The van der Waals surface area contributed by atoms with Gasteiger partial charge in [-0.2, -0.15) is 5.10 Å². The molecule has 0 bridgehead atoms. The Bertz CT molecular complexity index is 200. The highest BCUT2D eigenvalue weighted by atomic mass is 16.3. The van der Waals surface area contributed by atoms with E-state index in [0.717, 1.165) is 11.4 Å². The molecule has 0 spiro atoms. The molecule has 3 N–H and O–H groups in total. The largest absolute Gasteiger partial charge is 0.394 e. The van der Waals surface area contributed by atoms with E-state index in [9.17, 15) is 0 Å². The van der Waals surface area contributed by atoms with Crippen molar-refractivity contribution in [2.45, 2.75) is 13.8 Å². The zero-order valence-electron chi connectivity index (χ0n) is 7.99. The SMILES string of the molecule is C#C.Cc1cc(C)[nH]n1.OCCO. The summed E-state index contributed by atoms with van der Waals surface area (Å²) in [6, 6.07) is 2.00. The Morgan fingerprint density at radius 3 is 1.85 bits per heavy atom. The van der Waals surface area contributed by atoms with Crippen LogP contribution in [-0.4, -0.2) is 33.6 Å². The molecule has 0 fully saturated rings. The number of rotatable bonds is 1. The zero-order valence-corrected chi connectivity index (χ0v) is 7.99. The smallest absolute Gasteiger partial charge is 0.0662 e. The van der Waals surface area contributed by atoms with Gasteiger partial charge in [-0.1, -0.05) is 0 Å².